The Labute approximate surface area is 223 Å². The lowest BCUT2D eigenvalue weighted by Gasteiger charge is -2.26. The number of ketones is 1. The van der Waals surface area contributed by atoms with Crippen molar-refractivity contribution < 1.29 is 28.9 Å². The molecule has 3 aromatic rings. The summed E-state index contributed by atoms with van der Waals surface area (Å²) >= 11 is 0. The summed E-state index contributed by atoms with van der Waals surface area (Å²) in [6, 6.07) is 18.6. The Morgan fingerprint density at radius 3 is 2.03 bits per heavy atom. The van der Waals surface area contributed by atoms with Gasteiger partial charge in [-0.25, -0.2) is 0 Å². The van der Waals surface area contributed by atoms with Gasteiger partial charge in [0.05, 0.1) is 31.9 Å². The van der Waals surface area contributed by atoms with Crippen LogP contribution in [0.2, 0.25) is 0 Å². The van der Waals surface area contributed by atoms with Crippen molar-refractivity contribution in [2.24, 2.45) is 0 Å². The molecule has 38 heavy (non-hydrogen) atoms. The molecule has 1 saturated heterocycles. The molecule has 7 nitrogen and oxygen atoms in total. The Hall–Kier alpha value is -4.26. The molecule has 1 heterocycles. The first-order valence-corrected chi connectivity index (χ1v) is 12.6. The van der Waals surface area contributed by atoms with Crippen molar-refractivity contribution in [3.8, 4) is 17.2 Å². The van der Waals surface area contributed by atoms with E-state index < -0.39 is 17.7 Å². The maximum absolute atomic E-state index is 13.5. The number of rotatable bonds is 8. The molecule has 1 N–H and O–H groups in total. The summed E-state index contributed by atoms with van der Waals surface area (Å²) in [5.41, 5.74) is 2.65. The van der Waals surface area contributed by atoms with Crippen LogP contribution in [0.15, 0.2) is 72.3 Å². The molecule has 1 atom stereocenters. The quantitative estimate of drug-likeness (QED) is 0.217. The zero-order valence-corrected chi connectivity index (χ0v) is 22.5. The molecule has 198 valence electrons. The number of amides is 1. The first-order valence-electron chi connectivity index (χ1n) is 12.6. The Balaban J connectivity index is 1.89. The highest BCUT2D eigenvalue weighted by Gasteiger charge is 2.47. The van der Waals surface area contributed by atoms with Gasteiger partial charge < -0.3 is 19.3 Å². The number of hydrogen-bond acceptors (Lipinski definition) is 6. The van der Waals surface area contributed by atoms with Crippen molar-refractivity contribution >= 4 is 23.1 Å². The molecule has 3 aromatic carbocycles. The highest BCUT2D eigenvalue weighted by atomic mass is 16.5. The number of ether oxygens (including phenoxy) is 3. The maximum Gasteiger partial charge on any atom is 0.300 e. The summed E-state index contributed by atoms with van der Waals surface area (Å²) in [6.45, 7) is 8.02. The zero-order valence-electron chi connectivity index (χ0n) is 22.5. The number of aliphatic hydroxyl groups is 1. The normalized spacial score (nSPS) is 16.8. The third-order valence-corrected chi connectivity index (χ3v) is 6.51. The molecule has 0 bridgehead atoms. The predicted molar refractivity (Wildman–Crippen MR) is 147 cm³/mol. The topological polar surface area (TPSA) is 85.3 Å². The van der Waals surface area contributed by atoms with E-state index in [9.17, 15) is 14.7 Å². The summed E-state index contributed by atoms with van der Waals surface area (Å²) in [6.07, 6.45) is -0.00749. The van der Waals surface area contributed by atoms with Crippen LogP contribution in [0.4, 0.5) is 5.69 Å². The van der Waals surface area contributed by atoms with E-state index in [4.69, 9.17) is 14.2 Å². The number of methoxy groups -OCH3 is 2. The minimum absolute atomic E-state index is 0.00677. The van der Waals surface area contributed by atoms with Crippen LogP contribution in [0.1, 0.15) is 56.3 Å². The Morgan fingerprint density at radius 1 is 0.842 bits per heavy atom. The Bertz CT molecular complexity index is 1360. The van der Waals surface area contributed by atoms with Gasteiger partial charge in [0.25, 0.3) is 11.7 Å². The molecule has 1 fully saturated rings. The van der Waals surface area contributed by atoms with Gasteiger partial charge in [0.2, 0.25) is 0 Å². The third-order valence-electron chi connectivity index (χ3n) is 6.51. The third kappa shape index (κ3) is 5.09. The van der Waals surface area contributed by atoms with E-state index in [2.05, 4.69) is 13.8 Å². The molecule has 0 spiro atoms. The lowest BCUT2D eigenvalue weighted by molar-refractivity contribution is -0.132. The fourth-order valence-electron chi connectivity index (χ4n) is 4.58. The molecule has 1 aliphatic rings. The largest absolute Gasteiger partial charge is 0.507 e. The van der Waals surface area contributed by atoms with E-state index in [0.29, 0.717) is 40.0 Å². The van der Waals surface area contributed by atoms with E-state index in [1.54, 1.807) is 42.5 Å². The maximum atomic E-state index is 13.5. The lowest BCUT2D eigenvalue weighted by atomic mass is 9.94. The van der Waals surface area contributed by atoms with Crippen LogP contribution in [0.5, 0.6) is 17.2 Å². The molecule has 0 aliphatic carbocycles. The van der Waals surface area contributed by atoms with Crippen LogP contribution in [0.25, 0.3) is 5.76 Å². The summed E-state index contributed by atoms with van der Waals surface area (Å²) in [7, 11) is 3.05. The van der Waals surface area contributed by atoms with Gasteiger partial charge in [-0.3, -0.25) is 14.5 Å². The van der Waals surface area contributed by atoms with Gasteiger partial charge >= 0.3 is 0 Å². The van der Waals surface area contributed by atoms with E-state index in [-0.39, 0.29) is 17.4 Å². The number of carbonyl (C=O) groups is 2. The van der Waals surface area contributed by atoms with Crippen LogP contribution >= 0.6 is 0 Å². The standard InChI is InChI=1S/C31H33NO6/c1-18(2)20-7-12-23(13-8-20)32-28(22-11-16-25(36-5)26(17-22)37-6)27(30(34)31(32)35)29(33)21-9-14-24(15-10-21)38-19(3)4/h7-19,28,33H,1-6H3/b29-27-. The minimum Gasteiger partial charge on any atom is -0.507 e. The van der Waals surface area contributed by atoms with E-state index >= 15 is 0 Å². The van der Waals surface area contributed by atoms with Crippen LogP contribution in [-0.4, -0.2) is 37.1 Å². The average Bonchev–Trinajstić information content (AvgIpc) is 3.18. The van der Waals surface area contributed by atoms with Crippen LogP contribution in [-0.2, 0) is 9.59 Å². The van der Waals surface area contributed by atoms with Crippen LogP contribution in [0, 0.1) is 0 Å². The zero-order chi connectivity index (χ0) is 27.6. The number of carbonyl (C=O) groups excluding carboxylic acids is 2. The molecule has 1 amide bonds. The predicted octanol–water partition coefficient (Wildman–Crippen LogP) is 6.24. The first-order chi connectivity index (χ1) is 18.2. The number of hydrogen-bond donors (Lipinski definition) is 1. The number of benzene rings is 3. The second-order valence-electron chi connectivity index (χ2n) is 9.72. The van der Waals surface area contributed by atoms with E-state index in [1.807, 2.05) is 38.1 Å². The molecule has 1 unspecified atom stereocenters. The van der Waals surface area contributed by atoms with Crippen molar-refractivity contribution in [1.82, 2.24) is 0 Å². The van der Waals surface area contributed by atoms with Gasteiger partial charge in [0, 0.05) is 11.3 Å². The fourth-order valence-corrected chi connectivity index (χ4v) is 4.58. The molecule has 1 aliphatic heterocycles. The summed E-state index contributed by atoms with van der Waals surface area (Å²) < 4.78 is 16.6. The Morgan fingerprint density at radius 2 is 1.47 bits per heavy atom. The molecule has 0 radical (unpaired) electrons. The molecular weight excluding hydrogens is 482 g/mol. The highest BCUT2D eigenvalue weighted by Crippen LogP contribution is 2.44. The molecular formula is C31H33NO6. The van der Waals surface area contributed by atoms with E-state index in [1.165, 1.54) is 19.1 Å². The minimum atomic E-state index is -0.883. The number of nitrogens with zero attached hydrogens (tertiary/aromatic N) is 1. The fraction of sp³-hybridized carbons (Fsp3) is 0.290. The summed E-state index contributed by atoms with van der Waals surface area (Å²) in [4.78, 5) is 28.4. The van der Waals surface area contributed by atoms with Crippen LogP contribution in [0.3, 0.4) is 0 Å². The average molecular weight is 516 g/mol. The second kappa shape index (κ2) is 11.0. The smallest absolute Gasteiger partial charge is 0.300 e. The SMILES string of the molecule is COc1ccc(C2/C(=C(/O)c3ccc(OC(C)C)cc3)C(=O)C(=O)N2c2ccc(C(C)C)cc2)cc1OC. The van der Waals surface area contributed by atoms with Gasteiger partial charge in [-0.1, -0.05) is 32.0 Å². The first kappa shape index (κ1) is 26.8. The van der Waals surface area contributed by atoms with Crippen molar-refractivity contribution in [3.63, 3.8) is 0 Å². The van der Waals surface area contributed by atoms with Crippen molar-refractivity contribution in [2.45, 2.75) is 45.8 Å². The Kier molecular flexibility index (Phi) is 7.76. The van der Waals surface area contributed by atoms with Crippen molar-refractivity contribution in [3.05, 3.63) is 89.0 Å². The molecule has 7 heteroatoms. The van der Waals surface area contributed by atoms with Gasteiger partial charge in [0.1, 0.15) is 11.5 Å². The number of anilines is 1. The van der Waals surface area contributed by atoms with Crippen molar-refractivity contribution in [1.29, 1.82) is 0 Å². The summed E-state index contributed by atoms with van der Waals surface area (Å²) in [5.74, 6) is 0.153. The highest BCUT2D eigenvalue weighted by molar-refractivity contribution is 6.51. The molecule has 0 saturated carbocycles. The van der Waals surface area contributed by atoms with E-state index in [0.717, 1.165) is 5.56 Å². The summed E-state index contributed by atoms with van der Waals surface area (Å²) in [5, 5.41) is 11.4. The van der Waals surface area contributed by atoms with Crippen molar-refractivity contribution in [2.75, 3.05) is 19.1 Å². The molecule has 4 rings (SSSR count). The van der Waals surface area contributed by atoms with Crippen LogP contribution < -0.4 is 19.1 Å². The second-order valence-corrected chi connectivity index (χ2v) is 9.72. The monoisotopic (exact) mass is 515 g/mol. The number of aliphatic hydroxyl groups excluding tert-OH is 1. The number of Topliss-reactive ketones (excluding diaryl/α,β-unsaturated/α-hetero) is 1. The lowest BCUT2D eigenvalue weighted by Crippen LogP contribution is -2.29. The van der Waals surface area contributed by atoms with Gasteiger partial charge in [0.15, 0.2) is 11.5 Å². The van der Waals surface area contributed by atoms with Gasteiger partial charge in [-0.05, 0) is 79.4 Å². The molecule has 0 aromatic heterocycles. The van der Waals surface area contributed by atoms with Gasteiger partial charge in [-0.15, -0.1) is 0 Å². The van der Waals surface area contributed by atoms with Gasteiger partial charge in [-0.2, -0.15) is 0 Å².